The van der Waals surface area contributed by atoms with Crippen LogP contribution in [0, 0.1) is 0 Å². The van der Waals surface area contributed by atoms with Crippen molar-refractivity contribution in [3.63, 3.8) is 0 Å². The van der Waals surface area contributed by atoms with Gasteiger partial charge in [-0.05, 0) is 43.2 Å². The Labute approximate surface area is 118 Å². The average molecular weight is 283 g/mol. The van der Waals surface area contributed by atoms with Crippen LogP contribution in [0.1, 0.15) is 13.3 Å². The van der Waals surface area contributed by atoms with Gasteiger partial charge in [0, 0.05) is 5.69 Å². The molecule has 0 saturated carbocycles. The summed E-state index contributed by atoms with van der Waals surface area (Å²) >= 11 is 1.81. The van der Waals surface area contributed by atoms with Gasteiger partial charge in [0.25, 0.3) is 0 Å². The van der Waals surface area contributed by atoms with Crippen LogP contribution >= 0.6 is 11.8 Å². The van der Waals surface area contributed by atoms with E-state index in [-0.39, 0.29) is 23.4 Å². The van der Waals surface area contributed by atoms with Crippen LogP contribution in [-0.4, -0.2) is 35.6 Å². The molecule has 0 aromatic heterocycles. The Kier molecular flexibility index (Phi) is 6.52. The lowest BCUT2D eigenvalue weighted by Crippen LogP contribution is -2.38. The van der Waals surface area contributed by atoms with E-state index in [0.29, 0.717) is 5.69 Å². The Bertz CT molecular complexity index is 426. The summed E-state index contributed by atoms with van der Waals surface area (Å²) in [5, 5.41) is 15.1. The molecule has 0 unspecified atom stereocenters. The Morgan fingerprint density at radius 2 is 2.26 bits per heavy atom. The summed E-state index contributed by atoms with van der Waals surface area (Å²) in [6, 6.07) is 4.40. The fraction of sp³-hybridized carbons (Fsp3) is 0.462. The van der Waals surface area contributed by atoms with Gasteiger partial charge in [-0.1, -0.05) is 6.92 Å². The van der Waals surface area contributed by atoms with E-state index in [9.17, 15) is 9.90 Å². The number of hydrogen-bond acceptors (Lipinski definition) is 5. The minimum Gasteiger partial charge on any atom is -0.506 e. The first-order chi connectivity index (χ1) is 9.08. The van der Waals surface area contributed by atoms with Gasteiger partial charge in [0.1, 0.15) is 5.75 Å². The normalized spacial score (nSPS) is 12.1. The van der Waals surface area contributed by atoms with Crippen LogP contribution in [0.15, 0.2) is 18.2 Å². The predicted molar refractivity (Wildman–Crippen MR) is 81.6 cm³/mol. The lowest BCUT2D eigenvalue weighted by molar-refractivity contribution is -0.118. The second-order valence-electron chi connectivity index (χ2n) is 4.09. The van der Waals surface area contributed by atoms with E-state index in [1.165, 1.54) is 6.07 Å². The quantitative estimate of drug-likeness (QED) is 0.264. The molecule has 1 rings (SSSR count). The molecule has 1 aromatic carbocycles. The molecule has 1 aromatic rings. The molecule has 1 amide bonds. The number of anilines is 2. The van der Waals surface area contributed by atoms with Gasteiger partial charge >= 0.3 is 0 Å². The van der Waals surface area contributed by atoms with Crippen molar-refractivity contribution >= 4 is 29.0 Å². The summed E-state index contributed by atoms with van der Waals surface area (Å²) in [6.45, 7) is 2.10. The van der Waals surface area contributed by atoms with Crippen molar-refractivity contribution in [2.45, 2.75) is 19.4 Å². The van der Waals surface area contributed by atoms with Crippen LogP contribution in [0.4, 0.5) is 11.4 Å². The number of carbonyl (C=O) groups is 1. The van der Waals surface area contributed by atoms with E-state index in [4.69, 9.17) is 5.73 Å². The number of benzene rings is 1. The number of nitrogens with two attached hydrogens (primary N) is 1. The highest BCUT2D eigenvalue weighted by atomic mass is 32.2. The number of phenolic OH excluding ortho intramolecular Hbond substituents is 1. The number of aromatic hydroxyl groups is 1. The molecule has 0 aliphatic rings. The molecule has 0 aliphatic heterocycles. The predicted octanol–water partition coefficient (Wildman–Crippen LogP) is 1.64. The molecule has 0 radical (unpaired) electrons. The third kappa shape index (κ3) is 5.00. The maximum absolute atomic E-state index is 12.0. The number of thioether (sulfide) groups is 1. The third-order valence-corrected chi connectivity index (χ3v) is 3.65. The fourth-order valence-corrected chi connectivity index (χ4v) is 2.30. The van der Waals surface area contributed by atoms with Gasteiger partial charge in [0.15, 0.2) is 0 Å². The highest BCUT2D eigenvalue weighted by Gasteiger charge is 2.16. The Morgan fingerprint density at radius 1 is 1.53 bits per heavy atom. The maximum atomic E-state index is 12.0. The molecule has 0 bridgehead atoms. The minimum absolute atomic E-state index is 0.0162. The topological polar surface area (TPSA) is 87.4 Å². The zero-order valence-corrected chi connectivity index (χ0v) is 12.1. The van der Waals surface area contributed by atoms with Crippen LogP contribution in [0.2, 0.25) is 0 Å². The number of phenols is 1. The Hall–Kier alpha value is -1.40. The van der Waals surface area contributed by atoms with Crippen LogP contribution in [-0.2, 0) is 4.79 Å². The second kappa shape index (κ2) is 7.91. The van der Waals surface area contributed by atoms with Gasteiger partial charge in [-0.2, -0.15) is 11.8 Å². The molecular weight excluding hydrogens is 262 g/mol. The van der Waals surface area contributed by atoms with Gasteiger partial charge in [0.2, 0.25) is 5.91 Å². The molecule has 5 N–H and O–H groups in total. The summed E-state index contributed by atoms with van der Waals surface area (Å²) in [5.74, 6) is 1.91. The summed E-state index contributed by atoms with van der Waals surface area (Å²) in [7, 11) is 1.77. The molecular formula is C13H21N3O2S. The first-order valence-electron chi connectivity index (χ1n) is 6.22. The molecule has 0 spiro atoms. The lowest BCUT2D eigenvalue weighted by atomic mass is 10.2. The van der Waals surface area contributed by atoms with E-state index >= 15 is 0 Å². The summed E-state index contributed by atoms with van der Waals surface area (Å²) < 4.78 is 0. The highest BCUT2D eigenvalue weighted by molar-refractivity contribution is 7.99. The number of nitrogens with one attached hydrogen (secondary N) is 2. The maximum Gasteiger partial charge on any atom is 0.241 e. The zero-order valence-electron chi connectivity index (χ0n) is 11.3. The first kappa shape index (κ1) is 15.7. The van der Waals surface area contributed by atoms with Crippen molar-refractivity contribution in [3.8, 4) is 5.75 Å². The summed E-state index contributed by atoms with van der Waals surface area (Å²) in [5.41, 5.74) is 6.42. The van der Waals surface area contributed by atoms with Gasteiger partial charge in [-0.25, -0.2) is 0 Å². The number of hydrogen-bond donors (Lipinski definition) is 4. The summed E-state index contributed by atoms with van der Waals surface area (Å²) in [4.78, 5) is 12.0. The molecule has 1 atom stereocenters. The first-order valence-corrected chi connectivity index (χ1v) is 7.38. The minimum atomic E-state index is -0.228. The standard InChI is InChI=1S/C13H21N3O2S/c1-3-19-7-6-11(15-2)13(18)16-9-4-5-12(17)10(14)8-9/h4-5,8,11,15,17H,3,6-7,14H2,1-2H3,(H,16,18)/t11-/m0/s1. The van der Waals surface area contributed by atoms with Crippen molar-refractivity contribution in [2.24, 2.45) is 0 Å². The van der Waals surface area contributed by atoms with Crippen LogP contribution < -0.4 is 16.4 Å². The zero-order chi connectivity index (χ0) is 14.3. The van der Waals surface area contributed by atoms with Gasteiger partial charge in [0.05, 0.1) is 11.7 Å². The van der Waals surface area contributed by atoms with E-state index in [0.717, 1.165) is 17.9 Å². The smallest absolute Gasteiger partial charge is 0.241 e. The van der Waals surface area contributed by atoms with Crippen molar-refractivity contribution in [1.29, 1.82) is 0 Å². The van der Waals surface area contributed by atoms with Crippen molar-refractivity contribution in [3.05, 3.63) is 18.2 Å². The number of nitrogen functional groups attached to an aromatic ring is 1. The van der Waals surface area contributed by atoms with E-state index in [1.807, 2.05) is 0 Å². The number of carbonyl (C=O) groups excluding carboxylic acids is 1. The average Bonchev–Trinajstić information content (AvgIpc) is 2.39. The molecule has 0 saturated heterocycles. The van der Waals surface area contributed by atoms with Crippen LogP contribution in [0.3, 0.4) is 0 Å². The lowest BCUT2D eigenvalue weighted by Gasteiger charge is -2.16. The number of rotatable bonds is 7. The van der Waals surface area contributed by atoms with Crippen molar-refractivity contribution in [2.75, 3.05) is 29.6 Å². The van der Waals surface area contributed by atoms with Crippen molar-refractivity contribution < 1.29 is 9.90 Å². The molecule has 106 valence electrons. The highest BCUT2D eigenvalue weighted by Crippen LogP contribution is 2.23. The summed E-state index contributed by atoms with van der Waals surface area (Å²) in [6.07, 6.45) is 0.772. The van der Waals surface area contributed by atoms with Gasteiger partial charge in [-0.3, -0.25) is 4.79 Å². The van der Waals surface area contributed by atoms with E-state index in [1.54, 1.807) is 30.9 Å². The van der Waals surface area contributed by atoms with Crippen LogP contribution in [0.5, 0.6) is 5.75 Å². The molecule has 5 nitrogen and oxygen atoms in total. The van der Waals surface area contributed by atoms with E-state index in [2.05, 4.69) is 17.6 Å². The second-order valence-corrected chi connectivity index (χ2v) is 5.48. The third-order valence-electron chi connectivity index (χ3n) is 2.72. The van der Waals surface area contributed by atoms with Gasteiger partial charge in [-0.15, -0.1) is 0 Å². The number of likely N-dealkylation sites (N-methyl/N-ethyl adjacent to an activating group) is 1. The molecule has 6 heteroatoms. The number of amides is 1. The largest absolute Gasteiger partial charge is 0.506 e. The fourth-order valence-electron chi connectivity index (χ4n) is 1.61. The molecule has 19 heavy (non-hydrogen) atoms. The van der Waals surface area contributed by atoms with Crippen molar-refractivity contribution in [1.82, 2.24) is 5.32 Å². The molecule has 0 aliphatic carbocycles. The SMILES string of the molecule is CCSCC[C@H](NC)C(=O)Nc1ccc(O)c(N)c1. The Morgan fingerprint density at radius 3 is 2.84 bits per heavy atom. The molecule has 0 heterocycles. The van der Waals surface area contributed by atoms with Crippen LogP contribution in [0.25, 0.3) is 0 Å². The monoisotopic (exact) mass is 283 g/mol. The Balaban J connectivity index is 2.58. The van der Waals surface area contributed by atoms with Gasteiger partial charge < -0.3 is 21.5 Å². The van der Waals surface area contributed by atoms with E-state index < -0.39 is 0 Å². The molecule has 0 fully saturated rings.